The summed E-state index contributed by atoms with van der Waals surface area (Å²) in [6.07, 6.45) is 1.72. The molecule has 2 N–H and O–H groups in total. The summed E-state index contributed by atoms with van der Waals surface area (Å²) >= 11 is 1.65. The number of carbonyl (C=O) groups is 1. The van der Waals surface area contributed by atoms with Crippen LogP contribution >= 0.6 is 11.3 Å². The molecule has 0 bridgehead atoms. The van der Waals surface area contributed by atoms with Crippen molar-refractivity contribution in [2.24, 2.45) is 0 Å². The van der Waals surface area contributed by atoms with E-state index in [-0.39, 0.29) is 11.7 Å². The van der Waals surface area contributed by atoms with Crippen LogP contribution in [0.25, 0.3) is 22.8 Å². The van der Waals surface area contributed by atoms with E-state index >= 15 is 0 Å². The lowest BCUT2D eigenvalue weighted by atomic mass is 10.0. The number of hydrogen-bond acceptors (Lipinski definition) is 3. The second kappa shape index (κ2) is 5.41. The van der Waals surface area contributed by atoms with Gasteiger partial charge in [-0.3, -0.25) is 4.79 Å². The van der Waals surface area contributed by atoms with Crippen molar-refractivity contribution in [3.8, 4) is 16.9 Å². The van der Waals surface area contributed by atoms with E-state index in [9.17, 15) is 9.90 Å². The maximum Gasteiger partial charge on any atom is 0.256 e. The number of thiophene rings is 1. The molecule has 0 radical (unpaired) electrons. The number of rotatable bonds is 2. The third-order valence-corrected chi connectivity index (χ3v) is 4.58. The average molecular weight is 319 g/mol. The Morgan fingerprint density at radius 2 is 1.91 bits per heavy atom. The first-order chi connectivity index (χ1) is 11.2. The Balaban J connectivity index is 1.79. The number of phenolic OH excluding ortho intramolecular Hbond substituents is 1. The predicted octanol–water partition coefficient (Wildman–Crippen LogP) is 4.61. The molecule has 0 unspecified atom stereocenters. The summed E-state index contributed by atoms with van der Waals surface area (Å²) in [5.74, 6) is 0.0156. The Morgan fingerprint density at radius 1 is 1.04 bits per heavy atom. The third kappa shape index (κ3) is 2.43. The zero-order chi connectivity index (χ0) is 15.8. The summed E-state index contributed by atoms with van der Waals surface area (Å²) in [7, 11) is 0. The number of aromatic hydroxyl groups is 1. The molecule has 4 heteroatoms. The largest absolute Gasteiger partial charge is 0.507 e. The first-order valence-corrected chi connectivity index (χ1v) is 8.15. The van der Waals surface area contributed by atoms with Gasteiger partial charge >= 0.3 is 0 Å². The number of benzene rings is 2. The van der Waals surface area contributed by atoms with E-state index in [1.807, 2.05) is 29.6 Å². The highest BCUT2D eigenvalue weighted by Gasteiger charge is 2.24. The van der Waals surface area contributed by atoms with E-state index in [4.69, 9.17) is 0 Å². The SMILES string of the molecule is O=C1Nc2cc(-c3ccsc3)ccc2/C1=C/c1ccccc1O. The van der Waals surface area contributed by atoms with Crippen LogP contribution in [0.15, 0.2) is 59.3 Å². The van der Waals surface area contributed by atoms with Crippen LogP contribution in [-0.2, 0) is 4.79 Å². The molecule has 3 nitrogen and oxygen atoms in total. The molecule has 0 saturated carbocycles. The summed E-state index contributed by atoms with van der Waals surface area (Å²) in [5.41, 5.74) is 5.09. The first-order valence-electron chi connectivity index (χ1n) is 7.20. The summed E-state index contributed by atoms with van der Waals surface area (Å²) in [6.45, 7) is 0. The molecule has 1 amide bonds. The zero-order valence-corrected chi connectivity index (χ0v) is 12.9. The average Bonchev–Trinajstić information content (AvgIpc) is 3.18. The second-order valence-electron chi connectivity index (χ2n) is 5.34. The molecule has 0 atom stereocenters. The summed E-state index contributed by atoms with van der Waals surface area (Å²) in [4.78, 5) is 12.3. The van der Waals surface area contributed by atoms with Gasteiger partial charge in [-0.15, -0.1) is 0 Å². The summed E-state index contributed by atoms with van der Waals surface area (Å²) < 4.78 is 0. The van der Waals surface area contributed by atoms with E-state index in [1.54, 1.807) is 35.6 Å². The van der Waals surface area contributed by atoms with E-state index in [1.165, 1.54) is 0 Å². The van der Waals surface area contributed by atoms with Crippen molar-refractivity contribution in [2.75, 3.05) is 5.32 Å². The third-order valence-electron chi connectivity index (χ3n) is 3.89. The Hall–Kier alpha value is -2.85. The van der Waals surface area contributed by atoms with Crippen LogP contribution in [0.1, 0.15) is 11.1 Å². The van der Waals surface area contributed by atoms with Crippen LogP contribution in [-0.4, -0.2) is 11.0 Å². The molecule has 3 aromatic rings. The maximum atomic E-state index is 12.3. The Kier molecular flexibility index (Phi) is 3.24. The molecular formula is C19H13NO2S. The number of fused-ring (bicyclic) bond motifs is 1. The smallest absolute Gasteiger partial charge is 0.256 e. The van der Waals surface area contributed by atoms with Gasteiger partial charge < -0.3 is 10.4 Å². The normalized spacial score (nSPS) is 14.8. The number of carbonyl (C=O) groups excluding carboxylic acids is 1. The van der Waals surface area contributed by atoms with Gasteiger partial charge in [-0.1, -0.05) is 30.3 Å². The van der Waals surface area contributed by atoms with Gasteiger partial charge in [0.25, 0.3) is 5.91 Å². The van der Waals surface area contributed by atoms with Crippen LogP contribution in [0.3, 0.4) is 0 Å². The van der Waals surface area contributed by atoms with Crippen LogP contribution in [0.2, 0.25) is 0 Å². The number of para-hydroxylation sites is 1. The van der Waals surface area contributed by atoms with E-state index < -0.39 is 0 Å². The summed E-state index contributed by atoms with van der Waals surface area (Å²) in [5, 5.41) is 16.9. The van der Waals surface area contributed by atoms with Crippen molar-refractivity contribution in [1.82, 2.24) is 0 Å². The van der Waals surface area contributed by atoms with E-state index in [0.29, 0.717) is 11.1 Å². The lowest BCUT2D eigenvalue weighted by molar-refractivity contribution is -0.110. The fraction of sp³-hybridized carbons (Fsp3) is 0. The molecule has 0 saturated heterocycles. The summed E-state index contributed by atoms with van der Waals surface area (Å²) in [6, 6.07) is 15.0. The van der Waals surface area contributed by atoms with Crippen LogP contribution in [0.5, 0.6) is 5.75 Å². The molecule has 1 aliphatic rings. The molecule has 1 aromatic heterocycles. The van der Waals surface area contributed by atoms with Gasteiger partial charge in [-0.05, 0) is 46.2 Å². The van der Waals surface area contributed by atoms with Crippen molar-refractivity contribution in [3.05, 3.63) is 70.4 Å². The molecule has 0 fully saturated rings. The standard InChI is InChI=1S/C19H13NO2S/c21-18-4-2-1-3-13(18)9-16-15-6-5-12(14-7-8-23-11-14)10-17(15)20-19(16)22/h1-11,21H,(H,20,22)/b16-9-. The number of phenols is 1. The molecule has 0 spiro atoms. The van der Waals surface area contributed by atoms with Crippen molar-refractivity contribution in [2.45, 2.75) is 0 Å². The Labute approximate surface area is 137 Å². The maximum absolute atomic E-state index is 12.3. The van der Waals surface area contributed by atoms with E-state index in [2.05, 4.69) is 16.8 Å². The van der Waals surface area contributed by atoms with Crippen molar-refractivity contribution in [3.63, 3.8) is 0 Å². The minimum atomic E-state index is -0.147. The zero-order valence-electron chi connectivity index (χ0n) is 12.1. The topological polar surface area (TPSA) is 49.3 Å². The Bertz CT molecular complexity index is 926. The molecule has 23 heavy (non-hydrogen) atoms. The molecular weight excluding hydrogens is 306 g/mol. The second-order valence-corrected chi connectivity index (χ2v) is 6.12. The fourth-order valence-electron chi connectivity index (χ4n) is 2.71. The van der Waals surface area contributed by atoms with Crippen LogP contribution in [0.4, 0.5) is 5.69 Å². The van der Waals surface area contributed by atoms with Gasteiger partial charge in [0, 0.05) is 22.4 Å². The monoisotopic (exact) mass is 319 g/mol. The quantitative estimate of drug-likeness (QED) is 0.678. The Morgan fingerprint density at radius 3 is 2.70 bits per heavy atom. The van der Waals surface area contributed by atoms with Gasteiger partial charge in [0.15, 0.2) is 0 Å². The van der Waals surface area contributed by atoms with Gasteiger partial charge in [-0.2, -0.15) is 11.3 Å². The van der Waals surface area contributed by atoms with Crippen LogP contribution < -0.4 is 5.32 Å². The van der Waals surface area contributed by atoms with Gasteiger partial charge in [0.2, 0.25) is 0 Å². The lowest BCUT2D eigenvalue weighted by Gasteiger charge is -2.03. The van der Waals surface area contributed by atoms with Gasteiger partial charge in [0.1, 0.15) is 5.75 Å². The fourth-order valence-corrected chi connectivity index (χ4v) is 3.38. The number of hydrogen-bond donors (Lipinski definition) is 2. The lowest BCUT2D eigenvalue weighted by Crippen LogP contribution is -2.03. The highest BCUT2D eigenvalue weighted by atomic mass is 32.1. The van der Waals surface area contributed by atoms with Gasteiger partial charge in [-0.25, -0.2) is 0 Å². The first kappa shape index (κ1) is 13.8. The minimum Gasteiger partial charge on any atom is -0.507 e. The van der Waals surface area contributed by atoms with Crippen molar-refractivity contribution >= 4 is 34.6 Å². The highest BCUT2D eigenvalue weighted by Crippen LogP contribution is 2.37. The van der Waals surface area contributed by atoms with Crippen molar-refractivity contribution < 1.29 is 9.90 Å². The molecule has 2 aromatic carbocycles. The van der Waals surface area contributed by atoms with Crippen molar-refractivity contribution in [1.29, 1.82) is 0 Å². The minimum absolute atomic E-state index is 0.147. The van der Waals surface area contributed by atoms with Crippen LogP contribution in [0, 0.1) is 0 Å². The number of amides is 1. The molecule has 0 aliphatic carbocycles. The number of anilines is 1. The van der Waals surface area contributed by atoms with Gasteiger partial charge in [0.05, 0.1) is 0 Å². The molecule has 4 rings (SSSR count). The highest BCUT2D eigenvalue weighted by molar-refractivity contribution is 7.08. The predicted molar refractivity (Wildman–Crippen MR) is 94.4 cm³/mol. The molecule has 1 aliphatic heterocycles. The molecule has 2 heterocycles. The number of nitrogens with one attached hydrogen (secondary N) is 1. The van der Waals surface area contributed by atoms with E-state index in [0.717, 1.165) is 22.4 Å². The molecule has 112 valence electrons.